The fourth-order valence-corrected chi connectivity index (χ4v) is 3.28. The zero-order valence-electron chi connectivity index (χ0n) is 19.5. The van der Waals surface area contributed by atoms with Crippen LogP contribution in [0.1, 0.15) is 37.8 Å². The summed E-state index contributed by atoms with van der Waals surface area (Å²) in [7, 11) is 0. The average Bonchev–Trinajstić information content (AvgIpc) is 2.76. The van der Waals surface area contributed by atoms with Crippen LogP contribution in [0.2, 0.25) is 0 Å². The van der Waals surface area contributed by atoms with E-state index in [9.17, 15) is 0 Å². The van der Waals surface area contributed by atoms with Crippen LogP contribution in [-0.4, -0.2) is 76.6 Å². The number of hydrogen-bond donors (Lipinski definition) is 2. The van der Waals surface area contributed by atoms with Crippen molar-refractivity contribution < 1.29 is 14.2 Å². The molecule has 178 valence electrons. The molecule has 31 heavy (non-hydrogen) atoms. The second-order valence-electron chi connectivity index (χ2n) is 7.44. The molecule has 1 fully saturated rings. The molecule has 2 N–H and O–H groups in total. The summed E-state index contributed by atoms with van der Waals surface area (Å²) in [5.74, 6) is 1.74. The number of ether oxygens (including phenoxy) is 3. The highest BCUT2D eigenvalue weighted by Crippen LogP contribution is 2.21. The lowest BCUT2D eigenvalue weighted by Crippen LogP contribution is -2.39. The Kier molecular flexibility index (Phi) is 15.7. The van der Waals surface area contributed by atoms with Crippen LogP contribution in [0.3, 0.4) is 0 Å². The molecule has 1 aromatic rings. The van der Waals surface area contributed by atoms with Crippen LogP contribution < -0.4 is 15.4 Å². The van der Waals surface area contributed by atoms with Gasteiger partial charge in [-0.1, -0.05) is 12.1 Å². The lowest BCUT2D eigenvalue weighted by Gasteiger charge is -2.26. The highest BCUT2D eigenvalue weighted by atomic mass is 127. The molecule has 0 aromatic heterocycles. The number of aryl methyl sites for hydroxylation is 1. The first-order chi connectivity index (χ1) is 14.7. The Morgan fingerprint density at radius 3 is 2.68 bits per heavy atom. The number of rotatable bonds is 13. The number of halogens is 1. The quantitative estimate of drug-likeness (QED) is 0.171. The standard InChI is InChI=1S/C23H40N4O3.HI/c1-4-24-23(25-10-6-7-11-27-12-14-29-15-13-27)26-19-21-9-8-20(3)18-22(21)30-17-16-28-5-2;/h8-9,18H,4-7,10-17,19H2,1-3H3,(H2,24,25,26);1H. The van der Waals surface area contributed by atoms with Crippen molar-refractivity contribution in [2.45, 2.75) is 40.2 Å². The number of aliphatic imine (C=N–C) groups is 1. The van der Waals surface area contributed by atoms with Crippen molar-refractivity contribution >= 4 is 29.9 Å². The van der Waals surface area contributed by atoms with Crippen LogP contribution in [0.25, 0.3) is 0 Å². The molecule has 2 rings (SSSR count). The molecule has 1 saturated heterocycles. The monoisotopic (exact) mass is 548 g/mol. The molecule has 1 heterocycles. The molecule has 0 bridgehead atoms. The van der Waals surface area contributed by atoms with Gasteiger partial charge in [0, 0.05) is 38.3 Å². The Balaban J connectivity index is 0.00000480. The van der Waals surface area contributed by atoms with Gasteiger partial charge in [-0.25, -0.2) is 4.99 Å². The Morgan fingerprint density at radius 2 is 1.94 bits per heavy atom. The zero-order valence-corrected chi connectivity index (χ0v) is 21.8. The van der Waals surface area contributed by atoms with Crippen LogP contribution >= 0.6 is 24.0 Å². The predicted octanol–water partition coefficient (Wildman–Crippen LogP) is 3.20. The molecule has 1 aliphatic heterocycles. The topological polar surface area (TPSA) is 67.4 Å². The lowest BCUT2D eigenvalue weighted by atomic mass is 10.1. The van der Waals surface area contributed by atoms with Crippen molar-refractivity contribution in [3.8, 4) is 5.75 Å². The number of hydrogen-bond acceptors (Lipinski definition) is 5. The second kappa shape index (κ2) is 17.5. The molecule has 1 aliphatic rings. The fourth-order valence-electron chi connectivity index (χ4n) is 3.28. The smallest absolute Gasteiger partial charge is 0.191 e. The highest BCUT2D eigenvalue weighted by Gasteiger charge is 2.09. The lowest BCUT2D eigenvalue weighted by molar-refractivity contribution is 0.0372. The van der Waals surface area contributed by atoms with Gasteiger partial charge in [0.25, 0.3) is 0 Å². The van der Waals surface area contributed by atoms with Gasteiger partial charge in [-0.2, -0.15) is 0 Å². The van der Waals surface area contributed by atoms with Crippen molar-refractivity contribution in [2.75, 3.05) is 65.8 Å². The minimum atomic E-state index is 0. The van der Waals surface area contributed by atoms with E-state index < -0.39 is 0 Å². The van der Waals surface area contributed by atoms with Crippen molar-refractivity contribution in [2.24, 2.45) is 4.99 Å². The van der Waals surface area contributed by atoms with E-state index in [0.717, 1.165) is 69.6 Å². The highest BCUT2D eigenvalue weighted by molar-refractivity contribution is 14.0. The van der Waals surface area contributed by atoms with Crippen molar-refractivity contribution in [1.82, 2.24) is 15.5 Å². The molecule has 8 heteroatoms. The third kappa shape index (κ3) is 11.9. The number of benzene rings is 1. The van der Waals surface area contributed by atoms with E-state index in [-0.39, 0.29) is 24.0 Å². The van der Waals surface area contributed by atoms with Gasteiger partial charge in [0.15, 0.2) is 5.96 Å². The summed E-state index contributed by atoms with van der Waals surface area (Å²) in [4.78, 5) is 7.24. The van der Waals surface area contributed by atoms with E-state index in [0.29, 0.717) is 26.4 Å². The first-order valence-corrected chi connectivity index (χ1v) is 11.3. The maximum absolute atomic E-state index is 5.93. The SMILES string of the molecule is CCNC(=NCc1ccc(C)cc1OCCOCC)NCCCCN1CCOCC1.I. The maximum Gasteiger partial charge on any atom is 0.191 e. The Labute approximate surface area is 205 Å². The third-order valence-electron chi connectivity index (χ3n) is 4.96. The normalized spacial score (nSPS) is 14.7. The summed E-state index contributed by atoms with van der Waals surface area (Å²) < 4.78 is 16.7. The number of nitrogens with zero attached hydrogens (tertiary/aromatic N) is 2. The van der Waals surface area contributed by atoms with Gasteiger partial charge in [0.05, 0.1) is 26.4 Å². The molecule has 0 aliphatic carbocycles. The van der Waals surface area contributed by atoms with E-state index in [1.54, 1.807) is 0 Å². The van der Waals surface area contributed by atoms with E-state index in [1.807, 2.05) is 6.92 Å². The number of nitrogens with one attached hydrogen (secondary N) is 2. The molecular weight excluding hydrogens is 507 g/mol. The van der Waals surface area contributed by atoms with E-state index in [2.05, 4.69) is 47.6 Å². The number of guanidine groups is 1. The summed E-state index contributed by atoms with van der Waals surface area (Å²) in [6, 6.07) is 6.27. The third-order valence-corrected chi connectivity index (χ3v) is 4.96. The zero-order chi connectivity index (χ0) is 21.4. The van der Waals surface area contributed by atoms with Crippen molar-refractivity contribution in [1.29, 1.82) is 0 Å². The number of unbranched alkanes of at least 4 members (excludes halogenated alkanes) is 1. The van der Waals surface area contributed by atoms with Gasteiger partial charge < -0.3 is 24.8 Å². The first kappa shape index (κ1) is 27.9. The first-order valence-electron chi connectivity index (χ1n) is 11.3. The fraction of sp³-hybridized carbons (Fsp3) is 0.696. The van der Waals surface area contributed by atoms with Gasteiger partial charge >= 0.3 is 0 Å². The summed E-state index contributed by atoms with van der Waals surface area (Å²) in [6.07, 6.45) is 2.31. The Morgan fingerprint density at radius 1 is 1.13 bits per heavy atom. The predicted molar refractivity (Wildman–Crippen MR) is 138 cm³/mol. The largest absolute Gasteiger partial charge is 0.491 e. The molecule has 0 saturated carbocycles. The van der Waals surface area contributed by atoms with E-state index >= 15 is 0 Å². The molecule has 0 radical (unpaired) electrons. The molecule has 0 unspecified atom stereocenters. The molecule has 0 amide bonds. The van der Waals surface area contributed by atoms with Crippen LogP contribution in [0, 0.1) is 6.92 Å². The molecule has 0 spiro atoms. The summed E-state index contributed by atoms with van der Waals surface area (Å²) in [5, 5.41) is 6.79. The van der Waals surface area contributed by atoms with Crippen LogP contribution in [0.5, 0.6) is 5.75 Å². The summed E-state index contributed by atoms with van der Waals surface area (Å²) in [6.45, 7) is 15.3. The Hall–Kier alpha value is -1.10. The summed E-state index contributed by atoms with van der Waals surface area (Å²) >= 11 is 0. The van der Waals surface area contributed by atoms with Gasteiger partial charge in [0.2, 0.25) is 0 Å². The number of morpholine rings is 1. The van der Waals surface area contributed by atoms with Gasteiger partial charge in [0.1, 0.15) is 12.4 Å². The van der Waals surface area contributed by atoms with Gasteiger partial charge in [-0.3, -0.25) is 4.90 Å². The molecule has 1 aromatic carbocycles. The summed E-state index contributed by atoms with van der Waals surface area (Å²) in [5.41, 5.74) is 2.26. The minimum absolute atomic E-state index is 0. The molecule has 0 atom stereocenters. The van der Waals surface area contributed by atoms with E-state index in [1.165, 1.54) is 12.0 Å². The van der Waals surface area contributed by atoms with Crippen LogP contribution in [0.4, 0.5) is 0 Å². The van der Waals surface area contributed by atoms with E-state index in [4.69, 9.17) is 19.2 Å². The molecule has 7 nitrogen and oxygen atoms in total. The maximum atomic E-state index is 5.93. The van der Waals surface area contributed by atoms with Crippen molar-refractivity contribution in [3.63, 3.8) is 0 Å². The molecular formula is C23H41IN4O3. The minimum Gasteiger partial charge on any atom is -0.491 e. The van der Waals surface area contributed by atoms with Gasteiger partial charge in [-0.15, -0.1) is 24.0 Å². The van der Waals surface area contributed by atoms with Gasteiger partial charge in [-0.05, 0) is 51.8 Å². The van der Waals surface area contributed by atoms with Crippen LogP contribution in [0.15, 0.2) is 23.2 Å². The van der Waals surface area contributed by atoms with Crippen molar-refractivity contribution in [3.05, 3.63) is 29.3 Å². The Bertz CT molecular complexity index is 625. The average molecular weight is 549 g/mol. The van der Waals surface area contributed by atoms with Crippen LogP contribution in [-0.2, 0) is 16.0 Å². The second-order valence-corrected chi connectivity index (χ2v) is 7.44.